The summed E-state index contributed by atoms with van der Waals surface area (Å²) >= 11 is 0. The van der Waals surface area contributed by atoms with Gasteiger partial charge in [-0.1, -0.05) is 131 Å². The van der Waals surface area contributed by atoms with Gasteiger partial charge in [-0.25, -0.2) is 4.79 Å². The fourth-order valence-electron chi connectivity index (χ4n) is 5.34. The maximum Gasteiger partial charge on any atom is 0.336 e. The fourth-order valence-corrected chi connectivity index (χ4v) is 5.34. The summed E-state index contributed by atoms with van der Waals surface area (Å²) in [6, 6.07) is 29.8. The van der Waals surface area contributed by atoms with E-state index in [2.05, 4.69) is 31.2 Å². The number of carbonyl (C=O) groups excluding carboxylic acids is 1. The van der Waals surface area contributed by atoms with Gasteiger partial charge in [-0.15, -0.1) is 0 Å². The van der Waals surface area contributed by atoms with Crippen LogP contribution in [0.25, 0.3) is 0 Å². The van der Waals surface area contributed by atoms with E-state index in [4.69, 9.17) is 9.47 Å². The Morgan fingerprint density at radius 1 is 0.659 bits per heavy atom. The molecule has 0 bridgehead atoms. The van der Waals surface area contributed by atoms with Crippen LogP contribution in [0.5, 0.6) is 17.2 Å². The van der Waals surface area contributed by atoms with Crippen molar-refractivity contribution < 1.29 is 24.2 Å². The number of benzene rings is 4. The van der Waals surface area contributed by atoms with Crippen LogP contribution in [-0.2, 0) is 6.42 Å². The van der Waals surface area contributed by atoms with Gasteiger partial charge in [0.15, 0.2) is 5.78 Å². The molecule has 4 aromatic carbocycles. The number of carbonyl (C=O) groups is 2. The fraction of sp³-hybridized carbons (Fsp3) is 0.333. The lowest BCUT2D eigenvalue weighted by Crippen LogP contribution is -2.10. The SMILES string of the molecule is CCCCCCCCCCCCOc1ccc(C(=O)c2ccccc2)c(C(=O)O)c1.c1ccc2c(c1)Cc1ccccc1O2. The highest BCUT2D eigenvalue weighted by Gasteiger charge is 2.19. The summed E-state index contributed by atoms with van der Waals surface area (Å²) in [5.74, 6) is 1.05. The van der Waals surface area contributed by atoms with E-state index in [1.165, 1.54) is 68.6 Å². The quantitative estimate of drug-likeness (QED) is 0.0967. The maximum absolute atomic E-state index is 12.6. The molecule has 1 aliphatic rings. The smallest absolute Gasteiger partial charge is 0.336 e. The first kappa shape index (κ1) is 32.5. The molecular weight excluding hydrogens is 548 g/mol. The summed E-state index contributed by atoms with van der Waals surface area (Å²) in [6.07, 6.45) is 13.5. The van der Waals surface area contributed by atoms with Gasteiger partial charge in [-0.3, -0.25) is 4.79 Å². The Hall–Kier alpha value is -4.38. The van der Waals surface area contributed by atoms with Crippen LogP contribution in [0.4, 0.5) is 0 Å². The van der Waals surface area contributed by atoms with Crippen molar-refractivity contribution in [2.24, 2.45) is 0 Å². The standard InChI is InChI=1S/C26H34O4.C13H10O/c1-2-3-4-5-6-7-8-9-10-14-19-30-22-17-18-23(24(20-22)26(28)29)25(27)21-15-12-11-13-16-21;1-3-7-12-10(5-1)9-11-6-2-4-8-13(11)14-12/h11-13,15-18,20H,2-10,14,19H2,1H3,(H,28,29);1-8H,9H2. The van der Waals surface area contributed by atoms with Crippen molar-refractivity contribution in [3.8, 4) is 17.2 Å². The van der Waals surface area contributed by atoms with E-state index in [9.17, 15) is 14.7 Å². The van der Waals surface area contributed by atoms with Crippen molar-refractivity contribution in [1.29, 1.82) is 0 Å². The van der Waals surface area contributed by atoms with Gasteiger partial charge < -0.3 is 14.6 Å². The number of rotatable bonds is 15. The highest BCUT2D eigenvalue weighted by molar-refractivity contribution is 6.14. The second kappa shape index (κ2) is 17.7. The topological polar surface area (TPSA) is 72.8 Å². The van der Waals surface area contributed by atoms with E-state index >= 15 is 0 Å². The largest absolute Gasteiger partial charge is 0.494 e. The first-order chi connectivity index (χ1) is 21.6. The number of hydrogen-bond acceptors (Lipinski definition) is 4. The lowest BCUT2D eigenvalue weighted by atomic mass is 9.98. The summed E-state index contributed by atoms with van der Waals surface area (Å²) in [7, 11) is 0. The third kappa shape index (κ3) is 9.84. The molecule has 0 amide bonds. The van der Waals surface area contributed by atoms with Crippen molar-refractivity contribution in [2.45, 2.75) is 77.6 Å². The number of unbranched alkanes of at least 4 members (excludes halogenated alkanes) is 9. The average molecular weight is 593 g/mol. The third-order valence-corrected chi connectivity index (χ3v) is 7.81. The molecule has 0 fully saturated rings. The number of fused-ring (bicyclic) bond motifs is 2. The normalized spacial score (nSPS) is 11.3. The van der Waals surface area contributed by atoms with Crippen molar-refractivity contribution in [2.75, 3.05) is 6.61 Å². The Bertz CT molecular complexity index is 1390. The van der Waals surface area contributed by atoms with Crippen LogP contribution in [0, 0.1) is 0 Å². The summed E-state index contributed by atoms with van der Waals surface area (Å²) in [5, 5.41) is 9.54. The Morgan fingerprint density at radius 3 is 1.80 bits per heavy atom. The van der Waals surface area contributed by atoms with Gasteiger partial charge in [-0.05, 0) is 47.9 Å². The minimum atomic E-state index is -1.13. The number of para-hydroxylation sites is 2. The molecule has 44 heavy (non-hydrogen) atoms. The lowest BCUT2D eigenvalue weighted by Gasteiger charge is -2.19. The third-order valence-electron chi connectivity index (χ3n) is 7.81. The van der Waals surface area contributed by atoms with Crippen LogP contribution in [0.2, 0.25) is 0 Å². The predicted octanol–water partition coefficient (Wildman–Crippen LogP) is 10.3. The summed E-state index contributed by atoms with van der Waals surface area (Å²) in [5.41, 5.74) is 3.17. The van der Waals surface area contributed by atoms with Gasteiger partial charge in [0.05, 0.1) is 12.2 Å². The van der Waals surface area contributed by atoms with Gasteiger partial charge in [-0.2, -0.15) is 0 Å². The molecule has 5 rings (SSSR count). The molecule has 0 saturated carbocycles. The van der Waals surface area contributed by atoms with E-state index in [0.29, 0.717) is 17.9 Å². The molecule has 0 aromatic heterocycles. The van der Waals surface area contributed by atoms with E-state index in [0.717, 1.165) is 30.8 Å². The molecule has 5 heteroatoms. The van der Waals surface area contributed by atoms with E-state index in [1.807, 2.05) is 30.3 Å². The summed E-state index contributed by atoms with van der Waals surface area (Å²) in [4.78, 5) is 24.3. The number of carboxylic acid groups (broad SMARTS) is 1. The zero-order valence-corrected chi connectivity index (χ0v) is 25.8. The molecule has 4 aromatic rings. The Kier molecular flexibility index (Phi) is 13.1. The van der Waals surface area contributed by atoms with Gasteiger partial charge in [0.25, 0.3) is 0 Å². The van der Waals surface area contributed by atoms with Crippen molar-refractivity contribution >= 4 is 11.8 Å². The second-order valence-corrected chi connectivity index (χ2v) is 11.2. The summed E-state index contributed by atoms with van der Waals surface area (Å²) in [6.45, 7) is 2.80. The molecule has 1 heterocycles. The molecule has 0 radical (unpaired) electrons. The first-order valence-electron chi connectivity index (χ1n) is 16.0. The Balaban J connectivity index is 0.000000258. The van der Waals surface area contributed by atoms with Crippen LogP contribution >= 0.6 is 0 Å². The number of carboxylic acids is 1. The predicted molar refractivity (Wildman–Crippen MR) is 176 cm³/mol. The molecule has 1 N–H and O–H groups in total. The van der Waals surface area contributed by atoms with Gasteiger partial charge in [0, 0.05) is 17.5 Å². The highest BCUT2D eigenvalue weighted by Crippen LogP contribution is 2.35. The molecule has 0 saturated heterocycles. The molecule has 5 nitrogen and oxygen atoms in total. The molecule has 0 atom stereocenters. The maximum atomic E-state index is 12.6. The van der Waals surface area contributed by atoms with Crippen molar-refractivity contribution in [1.82, 2.24) is 0 Å². The summed E-state index contributed by atoms with van der Waals surface area (Å²) < 4.78 is 11.5. The average Bonchev–Trinajstić information content (AvgIpc) is 3.06. The first-order valence-corrected chi connectivity index (χ1v) is 16.0. The Labute approximate surface area is 261 Å². The molecule has 230 valence electrons. The monoisotopic (exact) mass is 592 g/mol. The van der Waals surface area contributed by atoms with Crippen LogP contribution in [0.15, 0.2) is 97.1 Å². The van der Waals surface area contributed by atoms with Gasteiger partial charge in [0.2, 0.25) is 0 Å². The minimum absolute atomic E-state index is 0.0237. The van der Waals surface area contributed by atoms with Crippen LogP contribution < -0.4 is 9.47 Å². The van der Waals surface area contributed by atoms with Crippen molar-refractivity contribution in [3.05, 3.63) is 125 Å². The lowest BCUT2D eigenvalue weighted by molar-refractivity contribution is 0.0692. The Morgan fingerprint density at radius 2 is 1.20 bits per heavy atom. The number of ketones is 1. The molecule has 0 spiro atoms. The highest BCUT2D eigenvalue weighted by atomic mass is 16.5. The minimum Gasteiger partial charge on any atom is -0.494 e. The van der Waals surface area contributed by atoms with Crippen LogP contribution in [0.3, 0.4) is 0 Å². The molecule has 0 aliphatic carbocycles. The van der Waals surface area contributed by atoms with Crippen LogP contribution in [-0.4, -0.2) is 23.5 Å². The number of aromatic carboxylic acids is 1. The van der Waals surface area contributed by atoms with Gasteiger partial charge >= 0.3 is 5.97 Å². The molecule has 1 aliphatic heterocycles. The zero-order valence-electron chi connectivity index (χ0n) is 25.8. The van der Waals surface area contributed by atoms with Crippen LogP contribution in [0.1, 0.15) is 109 Å². The second-order valence-electron chi connectivity index (χ2n) is 11.2. The zero-order chi connectivity index (χ0) is 31.0. The molecule has 0 unspecified atom stereocenters. The van der Waals surface area contributed by atoms with E-state index in [-0.39, 0.29) is 16.9 Å². The number of hydrogen-bond donors (Lipinski definition) is 1. The van der Waals surface area contributed by atoms with Gasteiger partial charge in [0.1, 0.15) is 17.2 Å². The van der Waals surface area contributed by atoms with E-state index in [1.54, 1.807) is 36.4 Å². The number of ether oxygens (including phenoxy) is 2. The molecular formula is C39H44O5. The van der Waals surface area contributed by atoms with Crippen molar-refractivity contribution in [3.63, 3.8) is 0 Å². The van der Waals surface area contributed by atoms with E-state index < -0.39 is 5.97 Å².